The van der Waals surface area contributed by atoms with Gasteiger partial charge in [0.1, 0.15) is 10.6 Å². The number of rotatable bonds is 5. The molecular formula is C20H25N5O7S. The fourth-order valence-corrected chi connectivity index (χ4v) is 5.58. The highest BCUT2D eigenvalue weighted by molar-refractivity contribution is 7.89. The third kappa shape index (κ3) is 5.10. The van der Waals surface area contributed by atoms with Gasteiger partial charge in [-0.3, -0.25) is 15.0 Å². The van der Waals surface area contributed by atoms with Crippen molar-refractivity contribution in [2.45, 2.75) is 25.2 Å². The Balaban J connectivity index is 1.29. The minimum Gasteiger partial charge on any atom is -0.454 e. The second-order valence-electron chi connectivity index (χ2n) is 7.76. The first-order valence-electron chi connectivity index (χ1n) is 10.4. The van der Waals surface area contributed by atoms with Gasteiger partial charge < -0.3 is 19.3 Å². The third-order valence-corrected chi connectivity index (χ3v) is 7.51. The van der Waals surface area contributed by atoms with Crippen molar-refractivity contribution in [3.63, 3.8) is 0 Å². The molecule has 3 amide bonds. The summed E-state index contributed by atoms with van der Waals surface area (Å²) in [4.78, 5) is 26.4. The van der Waals surface area contributed by atoms with Crippen LogP contribution in [0.1, 0.15) is 17.9 Å². The molecule has 1 aromatic carbocycles. The van der Waals surface area contributed by atoms with Gasteiger partial charge in [0, 0.05) is 31.4 Å². The Morgan fingerprint density at radius 3 is 2.64 bits per heavy atom. The van der Waals surface area contributed by atoms with Gasteiger partial charge in [-0.25, -0.2) is 13.2 Å². The number of anilines is 1. The van der Waals surface area contributed by atoms with Crippen molar-refractivity contribution in [2.75, 3.05) is 44.8 Å². The quantitative estimate of drug-likeness (QED) is 0.643. The van der Waals surface area contributed by atoms with Crippen LogP contribution in [0.25, 0.3) is 0 Å². The van der Waals surface area contributed by atoms with E-state index in [4.69, 9.17) is 14.0 Å². The largest absolute Gasteiger partial charge is 0.454 e. The summed E-state index contributed by atoms with van der Waals surface area (Å²) >= 11 is 0. The molecule has 0 atom stereocenters. The molecule has 33 heavy (non-hydrogen) atoms. The molecule has 2 aliphatic rings. The number of nitrogens with one attached hydrogen (secondary N) is 2. The van der Waals surface area contributed by atoms with E-state index in [0.717, 1.165) is 0 Å². The average Bonchev–Trinajstić information content (AvgIpc) is 3.26. The predicted octanol–water partition coefficient (Wildman–Crippen LogP) is 1.06. The number of urea groups is 1. The molecule has 13 heteroatoms. The highest BCUT2D eigenvalue weighted by Crippen LogP contribution is 2.34. The number of benzene rings is 1. The van der Waals surface area contributed by atoms with Crippen molar-refractivity contribution in [3.05, 3.63) is 29.7 Å². The Morgan fingerprint density at radius 1 is 1.09 bits per heavy atom. The van der Waals surface area contributed by atoms with E-state index in [2.05, 4.69) is 15.8 Å². The van der Waals surface area contributed by atoms with Gasteiger partial charge in [0.25, 0.3) is 0 Å². The van der Waals surface area contributed by atoms with E-state index in [0.29, 0.717) is 48.9 Å². The maximum atomic E-state index is 13.0. The first kappa shape index (κ1) is 23.0. The van der Waals surface area contributed by atoms with E-state index in [9.17, 15) is 18.0 Å². The van der Waals surface area contributed by atoms with Gasteiger partial charge in [0.2, 0.25) is 22.7 Å². The van der Waals surface area contributed by atoms with E-state index in [1.807, 2.05) is 4.90 Å². The van der Waals surface area contributed by atoms with E-state index in [-0.39, 0.29) is 30.5 Å². The van der Waals surface area contributed by atoms with Crippen LogP contribution in [-0.4, -0.2) is 74.2 Å². The van der Waals surface area contributed by atoms with Crippen molar-refractivity contribution in [1.82, 2.24) is 19.7 Å². The van der Waals surface area contributed by atoms with Crippen LogP contribution in [0.5, 0.6) is 11.5 Å². The summed E-state index contributed by atoms with van der Waals surface area (Å²) in [5, 5.41) is 8.60. The molecule has 2 aromatic rings. The first-order chi connectivity index (χ1) is 15.7. The smallest absolute Gasteiger partial charge is 0.325 e. The number of hydrogen-bond acceptors (Lipinski definition) is 9. The van der Waals surface area contributed by atoms with Crippen LogP contribution >= 0.6 is 0 Å². The van der Waals surface area contributed by atoms with E-state index >= 15 is 0 Å². The molecular weight excluding hydrogens is 454 g/mol. The number of imide groups is 1. The number of aromatic nitrogens is 1. The molecule has 1 aromatic heterocycles. The zero-order chi connectivity index (χ0) is 23.6. The molecule has 2 N–H and O–H groups in total. The summed E-state index contributed by atoms with van der Waals surface area (Å²) in [5.74, 6) is 0.861. The van der Waals surface area contributed by atoms with Crippen LogP contribution in [0.3, 0.4) is 0 Å². The van der Waals surface area contributed by atoms with Gasteiger partial charge in [-0.2, -0.15) is 4.31 Å². The Morgan fingerprint density at radius 2 is 1.88 bits per heavy atom. The Hall–Kier alpha value is -3.16. The van der Waals surface area contributed by atoms with Gasteiger partial charge in [-0.15, -0.1) is 0 Å². The number of aryl methyl sites for hydroxylation is 2. The molecule has 178 valence electrons. The predicted molar refractivity (Wildman–Crippen MR) is 116 cm³/mol. The molecule has 0 saturated carbocycles. The molecule has 0 aliphatic carbocycles. The summed E-state index contributed by atoms with van der Waals surface area (Å²) in [5.41, 5.74) is 0.779. The standard InChI is InChI=1S/C20H25N5O7S/c1-13-19(14(2)32-23-13)33(28,29)25-7-3-6-24(8-9-25)11-18(26)22-20(27)21-15-4-5-16-17(10-15)31-12-30-16/h4-5,10H,3,6-9,11-12H2,1-2H3,(H2,21,22,26,27). The SMILES string of the molecule is Cc1noc(C)c1S(=O)(=O)N1CCCN(CC(=O)NC(=O)Nc2ccc3c(c2)OCO3)CC1. The second kappa shape index (κ2) is 9.37. The molecule has 0 bridgehead atoms. The molecule has 4 rings (SSSR count). The van der Waals surface area contributed by atoms with Gasteiger partial charge in [0.05, 0.1) is 6.54 Å². The Labute approximate surface area is 190 Å². The third-order valence-electron chi connectivity index (χ3n) is 5.36. The van der Waals surface area contributed by atoms with Crippen molar-refractivity contribution >= 4 is 27.6 Å². The van der Waals surface area contributed by atoms with Gasteiger partial charge in [-0.1, -0.05) is 5.16 Å². The number of nitrogens with zero attached hydrogens (tertiary/aromatic N) is 3. The van der Waals surface area contributed by atoms with Crippen LogP contribution in [0, 0.1) is 13.8 Å². The molecule has 0 spiro atoms. The lowest BCUT2D eigenvalue weighted by atomic mass is 10.3. The van der Waals surface area contributed by atoms with Crippen molar-refractivity contribution < 1.29 is 32.0 Å². The fraction of sp³-hybridized carbons (Fsp3) is 0.450. The lowest BCUT2D eigenvalue weighted by molar-refractivity contribution is -0.121. The zero-order valence-corrected chi connectivity index (χ0v) is 19.1. The highest BCUT2D eigenvalue weighted by Gasteiger charge is 2.32. The van der Waals surface area contributed by atoms with Gasteiger partial charge >= 0.3 is 6.03 Å². The normalized spacial score (nSPS) is 16.9. The molecule has 3 heterocycles. The van der Waals surface area contributed by atoms with Crippen LogP contribution in [-0.2, 0) is 14.8 Å². The summed E-state index contributed by atoms with van der Waals surface area (Å²) in [7, 11) is -3.75. The maximum absolute atomic E-state index is 13.0. The Kier molecular flexibility index (Phi) is 6.54. The fourth-order valence-electron chi connectivity index (χ4n) is 3.82. The molecule has 12 nitrogen and oxygen atoms in total. The number of ether oxygens (including phenoxy) is 2. The molecule has 0 unspecified atom stereocenters. The van der Waals surface area contributed by atoms with E-state index in [1.165, 1.54) is 4.31 Å². The lowest BCUT2D eigenvalue weighted by Crippen LogP contribution is -2.43. The van der Waals surface area contributed by atoms with Gasteiger partial charge in [0.15, 0.2) is 17.3 Å². The summed E-state index contributed by atoms with van der Waals surface area (Å²) in [6.07, 6.45) is 0.541. The minimum atomic E-state index is -3.75. The number of carbonyl (C=O) groups excluding carboxylic acids is 2. The zero-order valence-electron chi connectivity index (χ0n) is 18.3. The highest BCUT2D eigenvalue weighted by atomic mass is 32.2. The Bertz CT molecular complexity index is 1140. The molecule has 1 fully saturated rings. The summed E-state index contributed by atoms with van der Waals surface area (Å²) in [6, 6.07) is 4.24. The van der Waals surface area contributed by atoms with Crippen LogP contribution < -0.4 is 20.1 Å². The lowest BCUT2D eigenvalue weighted by Gasteiger charge is -2.21. The first-order valence-corrected chi connectivity index (χ1v) is 11.8. The average molecular weight is 480 g/mol. The number of fused-ring (bicyclic) bond motifs is 1. The van der Waals surface area contributed by atoms with Crippen molar-refractivity contribution in [1.29, 1.82) is 0 Å². The van der Waals surface area contributed by atoms with Crippen LogP contribution in [0.15, 0.2) is 27.6 Å². The summed E-state index contributed by atoms with van der Waals surface area (Å²) < 4.78 is 42.9. The number of carbonyl (C=O) groups is 2. The molecule has 1 saturated heterocycles. The topological polar surface area (TPSA) is 143 Å². The second-order valence-corrected chi connectivity index (χ2v) is 9.63. The van der Waals surface area contributed by atoms with E-state index < -0.39 is 22.0 Å². The van der Waals surface area contributed by atoms with Crippen molar-refractivity contribution in [2.24, 2.45) is 0 Å². The van der Waals surface area contributed by atoms with E-state index in [1.54, 1.807) is 32.0 Å². The number of amides is 3. The molecule has 0 radical (unpaired) electrons. The minimum absolute atomic E-state index is 0.0340. The van der Waals surface area contributed by atoms with Crippen molar-refractivity contribution in [3.8, 4) is 11.5 Å². The molecule has 2 aliphatic heterocycles. The maximum Gasteiger partial charge on any atom is 0.325 e. The van der Waals surface area contributed by atoms with Crippen LogP contribution in [0.2, 0.25) is 0 Å². The van der Waals surface area contributed by atoms with Gasteiger partial charge in [-0.05, 0) is 38.9 Å². The van der Waals surface area contributed by atoms with Crippen LogP contribution in [0.4, 0.5) is 10.5 Å². The monoisotopic (exact) mass is 479 g/mol. The number of sulfonamides is 1. The summed E-state index contributed by atoms with van der Waals surface area (Å²) in [6.45, 7) is 4.63. The number of hydrogen-bond donors (Lipinski definition) is 2.